The number of carbonyl (C=O) groups excluding carboxylic acids is 1. The van der Waals surface area contributed by atoms with Gasteiger partial charge in [0.05, 0.1) is 6.26 Å². The number of benzene rings is 1. The third-order valence-corrected chi connectivity index (χ3v) is 2.51. The average Bonchev–Trinajstić information content (AvgIpc) is 3.01. The second-order valence-electron chi connectivity index (χ2n) is 3.86. The van der Waals surface area contributed by atoms with Gasteiger partial charge >= 0.3 is 5.97 Å². The molecule has 19 heavy (non-hydrogen) atoms. The summed E-state index contributed by atoms with van der Waals surface area (Å²) in [6.45, 7) is 0. The second kappa shape index (κ2) is 4.53. The molecule has 1 aromatic heterocycles. The maximum atomic E-state index is 13.1. The number of ether oxygens (including phenoxy) is 1. The van der Waals surface area contributed by atoms with E-state index in [1.54, 1.807) is 18.2 Å². The molecule has 0 saturated carbocycles. The number of hydrogen-bond acceptors (Lipinski definition) is 4. The Morgan fingerprint density at radius 1 is 1.21 bits per heavy atom. The number of carbonyl (C=O) groups is 1. The Morgan fingerprint density at radius 2 is 2.11 bits per heavy atom. The molecule has 94 valence electrons. The SMILES string of the molecule is O=C1OC(c2cccc(F)c2)=N/C1=C/c1ccco1. The molecule has 0 spiro atoms. The highest BCUT2D eigenvalue weighted by Gasteiger charge is 2.24. The van der Waals surface area contributed by atoms with Gasteiger partial charge in [0.25, 0.3) is 0 Å². The van der Waals surface area contributed by atoms with Crippen molar-refractivity contribution >= 4 is 17.9 Å². The fraction of sp³-hybridized carbons (Fsp3) is 0. The van der Waals surface area contributed by atoms with Crippen LogP contribution in [0.4, 0.5) is 4.39 Å². The fourth-order valence-corrected chi connectivity index (χ4v) is 1.66. The molecule has 2 aromatic rings. The van der Waals surface area contributed by atoms with Gasteiger partial charge in [-0.2, -0.15) is 0 Å². The fourth-order valence-electron chi connectivity index (χ4n) is 1.66. The molecule has 5 heteroatoms. The number of rotatable bonds is 2. The van der Waals surface area contributed by atoms with Gasteiger partial charge in [-0.3, -0.25) is 0 Å². The lowest BCUT2D eigenvalue weighted by molar-refractivity contribution is -0.129. The van der Waals surface area contributed by atoms with E-state index in [9.17, 15) is 9.18 Å². The van der Waals surface area contributed by atoms with Gasteiger partial charge in [0.1, 0.15) is 11.6 Å². The largest absolute Gasteiger partial charge is 0.465 e. The van der Waals surface area contributed by atoms with Crippen molar-refractivity contribution in [1.82, 2.24) is 0 Å². The molecule has 3 rings (SSSR count). The number of esters is 1. The third kappa shape index (κ3) is 2.30. The van der Waals surface area contributed by atoms with E-state index in [1.165, 1.54) is 30.5 Å². The molecule has 1 aliphatic rings. The monoisotopic (exact) mass is 257 g/mol. The molecule has 0 radical (unpaired) electrons. The molecule has 1 aliphatic heterocycles. The summed E-state index contributed by atoms with van der Waals surface area (Å²) in [5, 5.41) is 0. The van der Waals surface area contributed by atoms with Crippen LogP contribution in [0.3, 0.4) is 0 Å². The van der Waals surface area contributed by atoms with Crippen molar-refractivity contribution in [2.75, 3.05) is 0 Å². The summed E-state index contributed by atoms with van der Waals surface area (Å²) in [5.74, 6) is -0.422. The molecule has 0 bridgehead atoms. The van der Waals surface area contributed by atoms with Crippen LogP contribution in [-0.2, 0) is 9.53 Å². The summed E-state index contributed by atoms with van der Waals surface area (Å²) >= 11 is 0. The van der Waals surface area contributed by atoms with E-state index in [0.29, 0.717) is 11.3 Å². The van der Waals surface area contributed by atoms with Gasteiger partial charge in [0, 0.05) is 11.6 Å². The maximum absolute atomic E-state index is 13.1. The Morgan fingerprint density at radius 3 is 2.84 bits per heavy atom. The van der Waals surface area contributed by atoms with E-state index in [-0.39, 0.29) is 11.6 Å². The van der Waals surface area contributed by atoms with E-state index in [4.69, 9.17) is 9.15 Å². The highest BCUT2D eigenvalue weighted by atomic mass is 19.1. The molecule has 0 unspecified atom stereocenters. The van der Waals surface area contributed by atoms with Crippen LogP contribution in [0.5, 0.6) is 0 Å². The standard InChI is InChI=1S/C14H8FNO3/c15-10-4-1-3-9(7-10)13-16-12(14(17)19-13)8-11-5-2-6-18-11/h1-8H/b12-8+. The molecule has 0 N–H and O–H groups in total. The number of cyclic esters (lactones) is 1. The van der Waals surface area contributed by atoms with Gasteiger partial charge in [-0.15, -0.1) is 0 Å². The number of hydrogen-bond donors (Lipinski definition) is 0. The zero-order valence-electron chi connectivity index (χ0n) is 9.67. The Labute approximate surface area is 107 Å². The van der Waals surface area contributed by atoms with Crippen LogP contribution in [0.25, 0.3) is 6.08 Å². The van der Waals surface area contributed by atoms with Gasteiger partial charge in [0.2, 0.25) is 5.90 Å². The van der Waals surface area contributed by atoms with Crippen molar-refractivity contribution in [1.29, 1.82) is 0 Å². The molecule has 0 amide bonds. The van der Waals surface area contributed by atoms with Gasteiger partial charge in [0.15, 0.2) is 5.70 Å². The van der Waals surface area contributed by atoms with Crippen LogP contribution in [-0.4, -0.2) is 11.9 Å². The minimum atomic E-state index is -0.587. The van der Waals surface area contributed by atoms with Crippen molar-refractivity contribution in [3.8, 4) is 0 Å². The summed E-state index contributed by atoms with van der Waals surface area (Å²) in [5.41, 5.74) is 0.533. The van der Waals surface area contributed by atoms with E-state index in [2.05, 4.69) is 4.99 Å². The first-order valence-electron chi connectivity index (χ1n) is 5.54. The lowest BCUT2D eigenvalue weighted by atomic mass is 10.2. The normalized spacial score (nSPS) is 16.6. The topological polar surface area (TPSA) is 51.8 Å². The predicted molar refractivity (Wildman–Crippen MR) is 65.7 cm³/mol. The zero-order chi connectivity index (χ0) is 13.2. The molecular formula is C14H8FNO3. The molecule has 0 saturated heterocycles. The molecule has 0 aliphatic carbocycles. The van der Waals surface area contributed by atoms with Crippen molar-refractivity contribution in [3.63, 3.8) is 0 Å². The maximum Gasteiger partial charge on any atom is 0.363 e. The Kier molecular flexibility index (Phi) is 2.72. The van der Waals surface area contributed by atoms with Gasteiger partial charge in [-0.25, -0.2) is 14.2 Å². The number of halogens is 1. The van der Waals surface area contributed by atoms with Crippen LogP contribution in [0, 0.1) is 5.82 Å². The quantitative estimate of drug-likeness (QED) is 0.614. The van der Waals surface area contributed by atoms with Gasteiger partial charge < -0.3 is 9.15 Å². The molecule has 0 fully saturated rings. The first-order chi connectivity index (χ1) is 9.22. The van der Waals surface area contributed by atoms with Crippen molar-refractivity contribution in [3.05, 3.63) is 65.5 Å². The number of furan rings is 1. The highest BCUT2D eigenvalue weighted by molar-refractivity contribution is 6.12. The lowest BCUT2D eigenvalue weighted by Gasteiger charge is -1.98. The van der Waals surface area contributed by atoms with Crippen LogP contribution < -0.4 is 0 Å². The first-order valence-corrected chi connectivity index (χ1v) is 5.54. The minimum absolute atomic E-state index is 0.0855. The average molecular weight is 257 g/mol. The zero-order valence-corrected chi connectivity index (χ0v) is 9.67. The second-order valence-corrected chi connectivity index (χ2v) is 3.86. The number of aliphatic imine (C=N–C) groups is 1. The van der Waals surface area contributed by atoms with E-state index in [0.717, 1.165) is 0 Å². The Bertz CT molecular complexity index is 686. The van der Waals surface area contributed by atoms with Crippen molar-refractivity contribution < 1.29 is 18.3 Å². The molecule has 1 aromatic carbocycles. The summed E-state index contributed by atoms with van der Waals surface area (Å²) in [4.78, 5) is 15.7. The van der Waals surface area contributed by atoms with Crippen LogP contribution >= 0.6 is 0 Å². The van der Waals surface area contributed by atoms with Crippen LogP contribution in [0.2, 0.25) is 0 Å². The summed E-state index contributed by atoms with van der Waals surface area (Å²) in [7, 11) is 0. The molecular weight excluding hydrogens is 249 g/mol. The predicted octanol–water partition coefficient (Wildman–Crippen LogP) is 2.76. The van der Waals surface area contributed by atoms with Crippen molar-refractivity contribution in [2.45, 2.75) is 0 Å². The highest BCUT2D eigenvalue weighted by Crippen LogP contribution is 2.19. The summed E-state index contributed by atoms with van der Waals surface area (Å²) < 4.78 is 23.2. The summed E-state index contributed by atoms with van der Waals surface area (Å²) in [6.07, 6.45) is 2.96. The van der Waals surface area contributed by atoms with E-state index < -0.39 is 11.8 Å². The van der Waals surface area contributed by atoms with Crippen LogP contribution in [0.1, 0.15) is 11.3 Å². The van der Waals surface area contributed by atoms with Crippen molar-refractivity contribution in [2.24, 2.45) is 4.99 Å². The van der Waals surface area contributed by atoms with E-state index >= 15 is 0 Å². The number of nitrogens with zero attached hydrogens (tertiary/aromatic N) is 1. The van der Waals surface area contributed by atoms with Crippen LogP contribution in [0.15, 0.2) is 57.8 Å². The smallest absolute Gasteiger partial charge is 0.363 e. The first kappa shape index (κ1) is 11.4. The molecule has 0 atom stereocenters. The van der Waals surface area contributed by atoms with Gasteiger partial charge in [-0.1, -0.05) is 6.07 Å². The van der Waals surface area contributed by atoms with E-state index in [1.807, 2.05) is 0 Å². The Hall–Kier alpha value is -2.69. The lowest BCUT2D eigenvalue weighted by Crippen LogP contribution is -2.05. The summed E-state index contributed by atoms with van der Waals surface area (Å²) in [6, 6.07) is 9.09. The minimum Gasteiger partial charge on any atom is -0.465 e. The van der Waals surface area contributed by atoms with Gasteiger partial charge in [-0.05, 0) is 30.3 Å². The molecule has 2 heterocycles. The third-order valence-electron chi connectivity index (χ3n) is 2.51. The molecule has 4 nitrogen and oxygen atoms in total. The Balaban J connectivity index is 1.95.